The number of aryl methyl sites for hydroxylation is 1. The highest BCUT2D eigenvalue weighted by molar-refractivity contribution is 6.29. The second-order valence-electron chi connectivity index (χ2n) is 9.04. The number of carbonyl (C=O) groups is 2. The van der Waals surface area contributed by atoms with Crippen LogP contribution in [-0.4, -0.2) is 48.1 Å². The van der Waals surface area contributed by atoms with Gasteiger partial charge in [-0.1, -0.05) is 41.9 Å². The SMILES string of the molecule is CN/C(=C\C=N)c1ccc(C2CCN(C(=O)c3ccc(C)c(NC(=O)c4ccc(Cl)nc4)c3)CC2)cc1. The van der Waals surface area contributed by atoms with Crippen LogP contribution in [0.1, 0.15) is 56.2 Å². The molecule has 0 aliphatic carbocycles. The number of nitrogens with zero attached hydrogens (tertiary/aromatic N) is 2. The van der Waals surface area contributed by atoms with Crippen molar-refractivity contribution in [2.24, 2.45) is 0 Å². The average molecular weight is 516 g/mol. The summed E-state index contributed by atoms with van der Waals surface area (Å²) < 4.78 is 0. The van der Waals surface area contributed by atoms with Gasteiger partial charge in [-0.05, 0) is 72.7 Å². The molecule has 1 aliphatic heterocycles. The van der Waals surface area contributed by atoms with Gasteiger partial charge >= 0.3 is 0 Å². The number of pyridine rings is 1. The Morgan fingerprint density at radius 2 is 1.70 bits per heavy atom. The smallest absolute Gasteiger partial charge is 0.257 e. The molecule has 1 aliphatic rings. The lowest BCUT2D eigenvalue weighted by molar-refractivity contribution is 0.0712. The summed E-state index contributed by atoms with van der Waals surface area (Å²) in [5.74, 6) is 0.0514. The monoisotopic (exact) mass is 515 g/mol. The predicted octanol–water partition coefficient (Wildman–Crippen LogP) is 5.53. The lowest BCUT2D eigenvalue weighted by atomic mass is 9.88. The molecule has 1 fully saturated rings. The van der Waals surface area contributed by atoms with Crippen LogP contribution in [0.5, 0.6) is 0 Å². The first-order chi connectivity index (χ1) is 17.9. The van der Waals surface area contributed by atoms with E-state index in [4.69, 9.17) is 17.0 Å². The Morgan fingerprint density at radius 1 is 1.03 bits per heavy atom. The van der Waals surface area contributed by atoms with E-state index in [0.717, 1.165) is 29.7 Å². The zero-order valence-electron chi connectivity index (χ0n) is 20.9. The number of hydrogen-bond acceptors (Lipinski definition) is 5. The van der Waals surface area contributed by atoms with Crippen LogP contribution in [0.15, 0.2) is 66.9 Å². The van der Waals surface area contributed by atoms with Gasteiger partial charge in [-0.15, -0.1) is 0 Å². The fraction of sp³-hybridized carbons (Fsp3) is 0.241. The summed E-state index contributed by atoms with van der Waals surface area (Å²) in [6.45, 7) is 3.24. The maximum absolute atomic E-state index is 13.3. The Morgan fingerprint density at radius 3 is 2.32 bits per heavy atom. The standard InChI is InChI=1S/C29H30ClN5O2/c1-19-3-4-23(17-26(19)34-28(36)24-9-10-27(30)33-18-24)29(37)35-15-12-21(13-16-35)20-5-7-22(8-6-20)25(32-2)11-14-31/h3-11,14,17-18,21,31-32H,12-13,15-16H2,1-2H3,(H,34,36)/b25-11-,31-14?. The van der Waals surface area contributed by atoms with Crippen molar-refractivity contribution in [3.63, 3.8) is 0 Å². The Kier molecular flexibility index (Phi) is 8.36. The molecule has 3 N–H and O–H groups in total. The van der Waals surface area contributed by atoms with E-state index in [0.29, 0.717) is 41.0 Å². The van der Waals surface area contributed by atoms with Gasteiger partial charge < -0.3 is 20.9 Å². The molecule has 2 heterocycles. The van der Waals surface area contributed by atoms with E-state index in [1.54, 1.807) is 24.3 Å². The molecule has 7 nitrogen and oxygen atoms in total. The number of allylic oxidation sites excluding steroid dienone is 1. The van der Waals surface area contributed by atoms with Crippen LogP contribution < -0.4 is 10.6 Å². The number of benzene rings is 2. The van der Waals surface area contributed by atoms with Gasteiger partial charge in [0.25, 0.3) is 11.8 Å². The average Bonchev–Trinajstić information content (AvgIpc) is 2.93. The van der Waals surface area contributed by atoms with Gasteiger partial charge in [0.2, 0.25) is 0 Å². The molecule has 3 aromatic rings. The molecule has 8 heteroatoms. The van der Waals surface area contributed by atoms with Crippen molar-refractivity contribution in [3.8, 4) is 0 Å². The molecule has 2 amide bonds. The number of hydrogen-bond donors (Lipinski definition) is 3. The van der Waals surface area contributed by atoms with Crippen molar-refractivity contribution in [3.05, 3.63) is 99.8 Å². The number of amides is 2. The number of piperidine rings is 1. The first-order valence-electron chi connectivity index (χ1n) is 12.2. The van der Waals surface area contributed by atoms with Gasteiger partial charge in [-0.2, -0.15) is 0 Å². The van der Waals surface area contributed by atoms with E-state index in [2.05, 4.69) is 39.9 Å². The van der Waals surface area contributed by atoms with E-state index in [1.807, 2.05) is 31.0 Å². The van der Waals surface area contributed by atoms with Gasteiger partial charge in [0.1, 0.15) is 5.15 Å². The van der Waals surface area contributed by atoms with Gasteiger partial charge in [0.15, 0.2) is 0 Å². The van der Waals surface area contributed by atoms with Crippen molar-refractivity contribution in [1.29, 1.82) is 5.41 Å². The second-order valence-corrected chi connectivity index (χ2v) is 9.43. The van der Waals surface area contributed by atoms with E-state index >= 15 is 0 Å². The fourth-order valence-corrected chi connectivity index (χ4v) is 4.65. The van der Waals surface area contributed by atoms with Crippen molar-refractivity contribution >= 4 is 41.0 Å². The van der Waals surface area contributed by atoms with Crippen molar-refractivity contribution < 1.29 is 9.59 Å². The molecule has 0 spiro atoms. The summed E-state index contributed by atoms with van der Waals surface area (Å²) in [6, 6.07) is 17.0. The minimum atomic E-state index is -0.307. The predicted molar refractivity (Wildman–Crippen MR) is 149 cm³/mol. The third-order valence-corrected chi connectivity index (χ3v) is 6.94. The van der Waals surface area contributed by atoms with Crippen LogP contribution in [0, 0.1) is 12.3 Å². The summed E-state index contributed by atoms with van der Waals surface area (Å²) in [5.41, 5.74) is 5.61. The van der Waals surface area contributed by atoms with Gasteiger partial charge in [-0.3, -0.25) is 9.59 Å². The van der Waals surface area contributed by atoms with Crippen LogP contribution in [-0.2, 0) is 0 Å². The summed E-state index contributed by atoms with van der Waals surface area (Å²) >= 11 is 5.81. The summed E-state index contributed by atoms with van der Waals surface area (Å²) in [7, 11) is 1.85. The summed E-state index contributed by atoms with van der Waals surface area (Å²) in [4.78, 5) is 31.7. The maximum atomic E-state index is 13.3. The van der Waals surface area contributed by atoms with Gasteiger partial charge in [-0.25, -0.2) is 4.98 Å². The summed E-state index contributed by atoms with van der Waals surface area (Å²) in [6.07, 6.45) is 6.20. The molecular weight excluding hydrogens is 486 g/mol. The lowest BCUT2D eigenvalue weighted by Gasteiger charge is -2.32. The molecule has 1 aromatic heterocycles. The molecular formula is C29H30ClN5O2. The van der Waals surface area contributed by atoms with Crippen LogP contribution in [0.4, 0.5) is 5.69 Å². The fourth-order valence-electron chi connectivity index (χ4n) is 4.53. The molecule has 0 radical (unpaired) electrons. The number of anilines is 1. The molecule has 4 rings (SSSR count). The minimum absolute atomic E-state index is 0.0344. The lowest BCUT2D eigenvalue weighted by Crippen LogP contribution is -2.38. The molecule has 1 saturated heterocycles. The van der Waals surface area contributed by atoms with E-state index in [-0.39, 0.29) is 11.8 Å². The van der Waals surface area contributed by atoms with Crippen LogP contribution in [0.2, 0.25) is 5.15 Å². The van der Waals surface area contributed by atoms with Gasteiger partial charge in [0, 0.05) is 49.5 Å². The summed E-state index contributed by atoms with van der Waals surface area (Å²) in [5, 5.41) is 13.6. The number of nitrogens with one attached hydrogen (secondary N) is 3. The van der Waals surface area contributed by atoms with Crippen LogP contribution in [0.25, 0.3) is 5.70 Å². The van der Waals surface area contributed by atoms with Crippen LogP contribution in [0.3, 0.4) is 0 Å². The minimum Gasteiger partial charge on any atom is -0.388 e. The first kappa shape index (κ1) is 26.1. The topological polar surface area (TPSA) is 98.2 Å². The first-order valence-corrected chi connectivity index (χ1v) is 12.6. The third-order valence-electron chi connectivity index (χ3n) is 6.72. The van der Waals surface area contributed by atoms with Crippen LogP contribution >= 0.6 is 11.6 Å². The van der Waals surface area contributed by atoms with Crippen molar-refractivity contribution in [2.75, 3.05) is 25.5 Å². The number of rotatable bonds is 7. The second kappa shape index (κ2) is 11.8. The molecule has 37 heavy (non-hydrogen) atoms. The molecule has 0 saturated carbocycles. The Balaban J connectivity index is 1.39. The van der Waals surface area contributed by atoms with E-state index in [1.165, 1.54) is 18.0 Å². The van der Waals surface area contributed by atoms with E-state index < -0.39 is 0 Å². The largest absolute Gasteiger partial charge is 0.388 e. The zero-order valence-corrected chi connectivity index (χ0v) is 21.7. The molecule has 2 aromatic carbocycles. The van der Waals surface area contributed by atoms with Gasteiger partial charge in [0.05, 0.1) is 5.56 Å². The number of carbonyl (C=O) groups excluding carboxylic acids is 2. The van der Waals surface area contributed by atoms with Crippen molar-refractivity contribution in [2.45, 2.75) is 25.7 Å². The Hall–Kier alpha value is -3.97. The highest BCUT2D eigenvalue weighted by atomic mass is 35.5. The number of likely N-dealkylation sites (tertiary alicyclic amines) is 1. The molecule has 0 bridgehead atoms. The third kappa shape index (κ3) is 6.24. The number of halogens is 1. The quantitative estimate of drug-likeness (QED) is 0.285. The maximum Gasteiger partial charge on any atom is 0.257 e. The normalized spacial score (nSPS) is 14.2. The highest BCUT2D eigenvalue weighted by Crippen LogP contribution is 2.30. The number of aromatic nitrogens is 1. The van der Waals surface area contributed by atoms with Crippen molar-refractivity contribution in [1.82, 2.24) is 15.2 Å². The molecule has 190 valence electrons. The molecule has 0 atom stereocenters. The zero-order chi connectivity index (χ0) is 26.4. The van der Waals surface area contributed by atoms with E-state index in [9.17, 15) is 9.59 Å². The Bertz CT molecular complexity index is 1310. The highest BCUT2D eigenvalue weighted by Gasteiger charge is 2.25. The Labute approximate surface area is 222 Å². The molecule has 0 unspecified atom stereocenters.